The molecule has 0 atom stereocenters. The Morgan fingerprint density at radius 3 is 2.63 bits per heavy atom. The van der Waals surface area contributed by atoms with Gasteiger partial charge in [-0.2, -0.15) is 5.26 Å². The summed E-state index contributed by atoms with van der Waals surface area (Å²) in [7, 11) is 0. The first-order valence-corrected chi connectivity index (χ1v) is 9.33. The lowest BCUT2D eigenvalue weighted by Crippen LogP contribution is -2.14. The molecule has 0 fully saturated rings. The smallest absolute Gasteiger partial charge is 0.230 e. The number of carbonyl (C=O) groups is 1. The van der Waals surface area contributed by atoms with Crippen molar-refractivity contribution < 1.29 is 4.79 Å². The SMILES string of the molecule is N#Cc1ccc(-c2csc(NC(=O)Cc3cccc4ccccc34)n2)cc1. The van der Waals surface area contributed by atoms with Crippen LogP contribution in [0.3, 0.4) is 0 Å². The van der Waals surface area contributed by atoms with E-state index in [1.165, 1.54) is 11.3 Å². The lowest BCUT2D eigenvalue weighted by molar-refractivity contribution is -0.115. The van der Waals surface area contributed by atoms with E-state index < -0.39 is 0 Å². The van der Waals surface area contributed by atoms with Crippen molar-refractivity contribution in [3.63, 3.8) is 0 Å². The third-order valence-electron chi connectivity index (χ3n) is 4.29. The highest BCUT2D eigenvalue weighted by molar-refractivity contribution is 7.14. The lowest BCUT2D eigenvalue weighted by atomic mass is 10.0. The molecule has 0 saturated carbocycles. The van der Waals surface area contributed by atoms with E-state index in [4.69, 9.17) is 5.26 Å². The molecule has 0 saturated heterocycles. The summed E-state index contributed by atoms with van der Waals surface area (Å²) in [5, 5.41) is 16.4. The van der Waals surface area contributed by atoms with E-state index in [-0.39, 0.29) is 5.91 Å². The van der Waals surface area contributed by atoms with Crippen LogP contribution in [0, 0.1) is 11.3 Å². The Bertz CT molecular complexity index is 1150. The first kappa shape index (κ1) is 17.0. The van der Waals surface area contributed by atoms with Crippen molar-refractivity contribution in [1.82, 2.24) is 4.98 Å². The number of nitriles is 1. The van der Waals surface area contributed by atoms with Crippen LogP contribution in [0.4, 0.5) is 5.13 Å². The number of aromatic nitrogens is 1. The van der Waals surface area contributed by atoms with Crippen LogP contribution in [0.25, 0.3) is 22.0 Å². The highest BCUT2D eigenvalue weighted by Gasteiger charge is 2.10. The highest BCUT2D eigenvalue weighted by atomic mass is 32.1. The Morgan fingerprint density at radius 1 is 1.04 bits per heavy atom. The van der Waals surface area contributed by atoms with E-state index in [9.17, 15) is 4.79 Å². The zero-order chi connectivity index (χ0) is 18.6. The lowest BCUT2D eigenvalue weighted by Gasteiger charge is -2.06. The van der Waals surface area contributed by atoms with Gasteiger partial charge in [-0.05, 0) is 28.5 Å². The highest BCUT2D eigenvalue weighted by Crippen LogP contribution is 2.25. The van der Waals surface area contributed by atoms with Gasteiger partial charge in [-0.25, -0.2) is 4.98 Å². The normalized spacial score (nSPS) is 10.5. The zero-order valence-corrected chi connectivity index (χ0v) is 15.2. The van der Waals surface area contributed by atoms with Gasteiger partial charge in [-0.1, -0.05) is 54.6 Å². The van der Waals surface area contributed by atoms with Crippen LogP contribution in [0.5, 0.6) is 0 Å². The van der Waals surface area contributed by atoms with Crippen molar-refractivity contribution >= 4 is 33.1 Å². The van der Waals surface area contributed by atoms with Crippen molar-refractivity contribution in [3.8, 4) is 17.3 Å². The predicted octanol–water partition coefficient (Wildman–Crippen LogP) is 5.02. The molecule has 3 aromatic carbocycles. The van der Waals surface area contributed by atoms with Crippen LogP contribution in [0.1, 0.15) is 11.1 Å². The topological polar surface area (TPSA) is 65.8 Å². The van der Waals surface area contributed by atoms with E-state index in [1.807, 2.05) is 60.0 Å². The molecule has 1 heterocycles. The van der Waals surface area contributed by atoms with E-state index in [2.05, 4.69) is 16.4 Å². The molecule has 0 aliphatic rings. The second-order valence-corrected chi connectivity index (χ2v) is 6.95. The summed E-state index contributed by atoms with van der Waals surface area (Å²) in [6.07, 6.45) is 0.299. The van der Waals surface area contributed by atoms with Gasteiger partial charge in [0.15, 0.2) is 5.13 Å². The average molecular weight is 369 g/mol. The number of thiazole rings is 1. The summed E-state index contributed by atoms with van der Waals surface area (Å²) < 4.78 is 0. The van der Waals surface area contributed by atoms with Crippen molar-refractivity contribution in [2.45, 2.75) is 6.42 Å². The number of carbonyl (C=O) groups excluding carboxylic acids is 1. The first-order chi connectivity index (χ1) is 13.2. The molecule has 0 aliphatic heterocycles. The second-order valence-electron chi connectivity index (χ2n) is 6.09. The third-order valence-corrected chi connectivity index (χ3v) is 5.05. The van der Waals surface area contributed by atoms with E-state index in [1.54, 1.807) is 12.1 Å². The zero-order valence-electron chi connectivity index (χ0n) is 14.3. The fourth-order valence-electron chi connectivity index (χ4n) is 2.96. The summed E-state index contributed by atoms with van der Waals surface area (Å²) in [5.74, 6) is -0.0907. The molecule has 130 valence electrons. The molecular formula is C22H15N3OS. The Labute approximate surface area is 160 Å². The summed E-state index contributed by atoms with van der Waals surface area (Å²) >= 11 is 1.39. The Kier molecular flexibility index (Phi) is 4.65. The van der Waals surface area contributed by atoms with E-state index >= 15 is 0 Å². The van der Waals surface area contributed by atoms with Crippen LogP contribution in [-0.2, 0) is 11.2 Å². The quantitative estimate of drug-likeness (QED) is 0.549. The Hall–Kier alpha value is -3.49. The Balaban J connectivity index is 1.48. The van der Waals surface area contributed by atoms with Gasteiger partial charge in [-0.3, -0.25) is 4.79 Å². The minimum atomic E-state index is -0.0907. The molecule has 4 nitrogen and oxygen atoms in total. The number of nitrogens with one attached hydrogen (secondary N) is 1. The van der Waals surface area contributed by atoms with Crippen LogP contribution < -0.4 is 5.32 Å². The number of amides is 1. The van der Waals surface area contributed by atoms with Gasteiger partial charge in [0, 0.05) is 10.9 Å². The molecule has 0 bridgehead atoms. The summed E-state index contributed by atoms with van der Waals surface area (Å²) in [4.78, 5) is 17.0. The predicted molar refractivity (Wildman–Crippen MR) is 109 cm³/mol. The first-order valence-electron chi connectivity index (χ1n) is 8.45. The maximum absolute atomic E-state index is 12.5. The summed E-state index contributed by atoms with van der Waals surface area (Å²) in [6, 6.07) is 23.4. The maximum atomic E-state index is 12.5. The number of hydrogen-bond donors (Lipinski definition) is 1. The van der Waals surface area contributed by atoms with Crippen molar-refractivity contribution in [2.24, 2.45) is 0 Å². The summed E-state index contributed by atoms with van der Waals surface area (Å²) in [5.41, 5.74) is 3.30. The number of nitrogens with zero attached hydrogens (tertiary/aromatic N) is 2. The second kappa shape index (κ2) is 7.40. The Morgan fingerprint density at radius 2 is 1.81 bits per heavy atom. The molecule has 0 spiro atoms. The molecule has 1 N–H and O–H groups in total. The molecule has 0 aliphatic carbocycles. The van der Waals surface area contributed by atoms with Gasteiger partial charge in [0.1, 0.15) is 0 Å². The minimum Gasteiger partial charge on any atom is -0.302 e. The van der Waals surface area contributed by atoms with Gasteiger partial charge < -0.3 is 5.32 Å². The van der Waals surface area contributed by atoms with Gasteiger partial charge in [-0.15, -0.1) is 11.3 Å². The fraction of sp³-hybridized carbons (Fsp3) is 0.0455. The number of anilines is 1. The van der Waals surface area contributed by atoms with Crippen LogP contribution in [-0.4, -0.2) is 10.9 Å². The van der Waals surface area contributed by atoms with E-state index in [0.29, 0.717) is 17.1 Å². The molecule has 1 aromatic heterocycles. The van der Waals surface area contributed by atoms with Crippen molar-refractivity contribution in [2.75, 3.05) is 5.32 Å². The molecule has 0 unspecified atom stereocenters. The monoisotopic (exact) mass is 369 g/mol. The average Bonchev–Trinajstić information content (AvgIpc) is 3.16. The fourth-order valence-corrected chi connectivity index (χ4v) is 3.70. The van der Waals surface area contributed by atoms with Crippen LogP contribution >= 0.6 is 11.3 Å². The van der Waals surface area contributed by atoms with Gasteiger partial charge in [0.05, 0.1) is 23.7 Å². The maximum Gasteiger partial charge on any atom is 0.230 e. The van der Waals surface area contributed by atoms with Gasteiger partial charge in [0.25, 0.3) is 0 Å². The van der Waals surface area contributed by atoms with E-state index in [0.717, 1.165) is 27.6 Å². The van der Waals surface area contributed by atoms with Crippen LogP contribution in [0.2, 0.25) is 0 Å². The van der Waals surface area contributed by atoms with Gasteiger partial charge >= 0.3 is 0 Å². The molecule has 4 rings (SSSR count). The van der Waals surface area contributed by atoms with Crippen molar-refractivity contribution in [1.29, 1.82) is 5.26 Å². The minimum absolute atomic E-state index is 0.0907. The molecule has 5 heteroatoms. The van der Waals surface area contributed by atoms with Gasteiger partial charge in [0.2, 0.25) is 5.91 Å². The third kappa shape index (κ3) is 3.71. The number of rotatable bonds is 4. The largest absolute Gasteiger partial charge is 0.302 e. The number of benzene rings is 3. The molecule has 0 radical (unpaired) electrons. The molecule has 4 aromatic rings. The number of hydrogen-bond acceptors (Lipinski definition) is 4. The van der Waals surface area contributed by atoms with Crippen LogP contribution in [0.15, 0.2) is 72.1 Å². The molecule has 1 amide bonds. The summed E-state index contributed by atoms with van der Waals surface area (Å²) in [6.45, 7) is 0. The standard InChI is InChI=1S/C22H15N3OS/c23-13-15-8-10-17(11-9-15)20-14-27-22(24-20)25-21(26)12-18-6-3-5-16-4-1-2-7-19(16)18/h1-11,14H,12H2,(H,24,25,26). The van der Waals surface area contributed by atoms with Crippen molar-refractivity contribution in [3.05, 3.63) is 83.2 Å². The number of fused-ring (bicyclic) bond motifs is 1. The molecular weight excluding hydrogens is 354 g/mol. The molecule has 27 heavy (non-hydrogen) atoms.